The highest BCUT2D eigenvalue weighted by Crippen LogP contribution is 2.38. The Labute approximate surface area is 122 Å². The van der Waals surface area contributed by atoms with Crippen molar-refractivity contribution < 1.29 is 14.7 Å². The van der Waals surface area contributed by atoms with Gasteiger partial charge in [-0.25, -0.2) is 4.79 Å². The lowest BCUT2D eigenvalue weighted by atomic mass is 9.76. The van der Waals surface area contributed by atoms with Crippen LogP contribution in [0.1, 0.15) is 25.8 Å². The van der Waals surface area contributed by atoms with Crippen molar-refractivity contribution in [2.75, 3.05) is 13.1 Å². The van der Waals surface area contributed by atoms with Crippen molar-refractivity contribution in [2.24, 2.45) is 11.3 Å². The Morgan fingerprint density at radius 2 is 2.30 bits per heavy atom. The molecule has 1 aliphatic rings. The lowest BCUT2D eigenvalue weighted by Crippen LogP contribution is -2.43. The molecule has 1 unspecified atom stereocenters. The molecule has 2 heterocycles. The fraction of sp³-hybridized carbons (Fsp3) is 0.571. The monoisotopic (exact) mass is 296 g/mol. The first-order valence-corrected chi connectivity index (χ1v) is 7.67. The third-order valence-electron chi connectivity index (χ3n) is 4.14. The topological polar surface area (TPSA) is 69.6 Å². The minimum atomic E-state index is -0.806. The second-order valence-electron chi connectivity index (χ2n) is 5.58. The van der Waals surface area contributed by atoms with Gasteiger partial charge in [-0.05, 0) is 34.7 Å². The van der Waals surface area contributed by atoms with Crippen LogP contribution in [0.3, 0.4) is 0 Å². The molecule has 2 amide bonds. The van der Waals surface area contributed by atoms with Crippen LogP contribution in [-0.4, -0.2) is 35.1 Å². The highest BCUT2D eigenvalue weighted by molar-refractivity contribution is 7.07. The van der Waals surface area contributed by atoms with Crippen LogP contribution in [0.5, 0.6) is 0 Å². The van der Waals surface area contributed by atoms with Gasteiger partial charge in [0.1, 0.15) is 0 Å². The van der Waals surface area contributed by atoms with Gasteiger partial charge in [0.05, 0.1) is 5.41 Å². The summed E-state index contributed by atoms with van der Waals surface area (Å²) in [5, 5.41) is 16.3. The zero-order valence-electron chi connectivity index (χ0n) is 11.8. The molecular formula is C14H20N2O3S. The number of hydrogen-bond donors (Lipinski definition) is 2. The van der Waals surface area contributed by atoms with Gasteiger partial charge < -0.3 is 15.3 Å². The fourth-order valence-electron chi connectivity index (χ4n) is 2.58. The van der Waals surface area contributed by atoms with Crippen LogP contribution in [0.2, 0.25) is 0 Å². The molecule has 0 spiro atoms. The first-order valence-electron chi connectivity index (χ1n) is 6.73. The van der Waals surface area contributed by atoms with E-state index in [0.29, 0.717) is 19.5 Å². The van der Waals surface area contributed by atoms with Crippen LogP contribution in [0, 0.1) is 11.3 Å². The summed E-state index contributed by atoms with van der Waals surface area (Å²) >= 11 is 1.59. The van der Waals surface area contributed by atoms with Crippen molar-refractivity contribution in [3.63, 3.8) is 0 Å². The summed E-state index contributed by atoms with van der Waals surface area (Å²) in [5.41, 5.74) is 0.260. The Morgan fingerprint density at radius 1 is 1.55 bits per heavy atom. The molecule has 5 nitrogen and oxygen atoms in total. The third kappa shape index (κ3) is 2.80. The number of thiophene rings is 1. The van der Waals surface area contributed by atoms with E-state index in [1.165, 1.54) is 0 Å². The van der Waals surface area contributed by atoms with Crippen LogP contribution < -0.4 is 5.32 Å². The molecule has 110 valence electrons. The van der Waals surface area contributed by atoms with Gasteiger partial charge in [-0.3, -0.25) is 4.79 Å². The van der Waals surface area contributed by atoms with Crippen molar-refractivity contribution in [1.29, 1.82) is 0 Å². The van der Waals surface area contributed by atoms with Gasteiger partial charge in [-0.15, -0.1) is 0 Å². The maximum Gasteiger partial charge on any atom is 0.317 e. The van der Waals surface area contributed by atoms with Crippen molar-refractivity contribution in [3.05, 3.63) is 22.4 Å². The van der Waals surface area contributed by atoms with Gasteiger partial charge in [0.25, 0.3) is 0 Å². The second-order valence-corrected chi connectivity index (χ2v) is 6.36. The molecule has 6 heteroatoms. The third-order valence-corrected chi connectivity index (χ3v) is 4.88. The number of carboxylic acid groups (broad SMARTS) is 1. The summed E-state index contributed by atoms with van der Waals surface area (Å²) in [6, 6.07) is 1.78. The first-order chi connectivity index (χ1) is 9.45. The lowest BCUT2D eigenvalue weighted by molar-refractivity contribution is -0.150. The number of amides is 2. The number of urea groups is 1. The molecule has 1 aromatic heterocycles. The predicted octanol–water partition coefficient (Wildman–Crippen LogP) is 2.39. The highest BCUT2D eigenvalue weighted by Gasteiger charge is 2.48. The Morgan fingerprint density at radius 3 is 2.80 bits per heavy atom. The molecule has 1 atom stereocenters. The molecule has 1 aromatic rings. The maximum atomic E-state index is 12.1. The van der Waals surface area contributed by atoms with Gasteiger partial charge in [-0.2, -0.15) is 11.3 Å². The summed E-state index contributed by atoms with van der Waals surface area (Å²) in [6.45, 7) is 5.08. The van der Waals surface area contributed by atoms with Crippen LogP contribution in [0.25, 0.3) is 0 Å². The molecule has 2 rings (SSSR count). The van der Waals surface area contributed by atoms with Gasteiger partial charge in [0.15, 0.2) is 0 Å². The van der Waals surface area contributed by atoms with E-state index in [0.717, 1.165) is 5.56 Å². The minimum absolute atomic E-state index is 0.00896. The molecule has 2 N–H and O–H groups in total. The number of nitrogens with zero attached hydrogens (tertiary/aromatic N) is 1. The zero-order chi connectivity index (χ0) is 14.8. The number of rotatable bonds is 4. The van der Waals surface area contributed by atoms with E-state index >= 15 is 0 Å². The Balaban J connectivity index is 1.94. The van der Waals surface area contributed by atoms with Crippen LogP contribution >= 0.6 is 11.3 Å². The highest BCUT2D eigenvalue weighted by atomic mass is 32.1. The van der Waals surface area contributed by atoms with E-state index in [1.807, 2.05) is 30.7 Å². The number of carbonyl (C=O) groups excluding carboxylic acids is 1. The molecule has 0 aromatic carbocycles. The summed E-state index contributed by atoms with van der Waals surface area (Å²) in [4.78, 5) is 25.2. The van der Waals surface area contributed by atoms with Gasteiger partial charge in [0.2, 0.25) is 0 Å². The molecule has 0 bridgehead atoms. The van der Waals surface area contributed by atoms with E-state index in [4.69, 9.17) is 0 Å². The number of carbonyl (C=O) groups is 2. The van der Waals surface area contributed by atoms with Gasteiger partial charge in [-0.1, -0.05) is 13.8 Å². The fourth-order valence-corrected chi connectivity index (χ4v) is 3.25. The second kappa shape index (κ2) is 5.83. The van der Waals surface area contributed by atoms with Crippen LogP contribution in [0.15, 0.2) is 16.8 Å². The zero-order valence-corrected chi connectivity index (χ0v) is 12.6. The number of carboxylic acids is 1. The van der Waals surface area contributed by atoms with Gasteiger partial charge >= 0.3 is 12.0 Å². The largest absolute Gasteiger partial charge is 0.481 e. The van der Waals surface area contributed by atoms with Crippen molar-refractivity contribution in [2.45, 2.75) is 26.8 Å². The molecule has 0 saturated carbocycles. The number of hydrogen-bond acceptors (Lipinski definition) is 3. The Kier molecular flexibility index (Phi) is 4.32. The van der Waals surface area contributed by atoms with Crippen molar-refractivity contribution >= 4 is 23.3 Å². The molecule has 1 saturated heterocycles. The van der Waals surface area contributed by atoms with Crippen molar-refractivity contribution in [1.82, 2.24) is 10.2 Å². The van der Waals surface area contributed by atoms with E-state index in [1.54, 1.807) is 16.2 Å². The van der Waals surface area contributed by atoms with Crippen LogP contribution in [0.4, 0.5) is 4.79 Å². The van der Waals surface area contributed by atoms with E-state index in [2.05, 4.69) is 5.32 Å². The summed E-state index contributed by atoms with van der Waals surface area (Å²) in [5.74, 6) is -0.796. The Hall–Kier alpha value is -1.56. The van der Waals surface area contributed by atoms with Gasteiger partial charge in [0, 0.05) is 19.6 Å². The summed E-state index contributed by atoms with van der Waals surface area (Å²) in [6.07, 6.45) is 0.520. The first kappa shape index (κ1) is 14.8. The number of nitrogens with one attached hydrogen (secondary N) is 1. The average Bonchev–Trinajstić information content (AvgIpc) is 3.05. The summed E-state index contributed by atoms with van der Waals surface area (Å²) in [7, 11) is 0. The van der Waals surface area contributed by atoms with E-state index < -0.39 is 11.4 Å². The quantitative estimate of drug-likeness (QED) is 0.896. The molecule has 1 fully saturated rings. The SMILES string of the molecule is CC(C)C1(C(=O)O)CCN(C(=O)NCc2ccsc2)C1. The lowest BCUT2D eigenvalue weighted by Gasteiger charge is -2.28. The Bertz CT molecular complexity index is 487. The summed E-state index contributed by atoms with van der Waals surface area (Å²) < 4.78 is 0. The van der Waals surface area contributed by atoms with Crippen LogP contribution in [-0.2, 0) is 11.3 Å². The minimum Gasteiger partial charge on any atom is -0.481 e. The van der Waals surface area contributed by atoms with E-state index in [-0.39, 0.29) is 18.5 Å². The standard InChI is InChI=1S/C14H20N2O3S/c1-10(2)14(12(17)18)4-5-16(9-14)13(19)15-7-11-3-6-20-8-11/h3,6,8,10H,4-5,7,9H2,1-2H3,(H,15,19)(H,17,18). The van der Waals surface area contributed by atoms with E-state index in [9.17, 15) is 14.7 Å². The molecule has 1 aliphatic heterocycles. The van der Waals surface area contributed by atoms with Crippen molar-refractivity contribution in [3.8, 4) is 0 Å². The number of aliphatic carboxylic acids is 1. The number of likely N-dealkylation sites (tertiary alicyclic amines) is 1. The molecular weight excluding hydrogens is 276 g/mol. The predicted molar refractivity (Wildman–Crippen MR) is 77.7 cm³/mol. The molecule has 0 aliphatic carbocycles. The smallest absolute Gasteiger partial charge is 0.317 e. The maximum absolute atomic E-state index is 12.1. The average molecular weight is 296 g/mol. The molecule has 20 heavy (non-hydrogen) atoms. The molecule has 0 radical (unpaired) electrons. The normalized spacial score (nSPS) is 22.2.